The second-order valence-electron chi connectivity index (χ2n) is 4.56. The van der Waals surface area contributed by atoms with E-state index in [4.69, 9.17) is 10.7 Å². The highest BCUT2D eigenvalue weighted by molar-refractivity contribution is 9.10. The predicted octanol–water partition coefficient (Wildman–Crippen LogP) is 3.14. The van der Waals surface area contributed by atoms with Gasteiger partial charge in [0.15, 0.2) is 0 Å². The molecule has 0 unspecified atom stereocenters. The monoisotopic (exact) mass is 383 g/mol. The van der Waals surface area contributed by atoms with Crippen LogP contribution in [0.3, 0.4) is 0 Å². The Bertz CT molecular complexity index is 644. The Labute approximate surface area is 129 Å². The molecule has 2 rings (SSSR count). The number of hydrogen-bond donors (Lipinski definition) is 0. The van der Waals surface area contributed by atoms with Gasteiger partial charge in [-0.05, 0) is 47.3 Å². The molecule has 20 heavy (non-hydrogen) atoms. The quantitative estimate of drug-likeness (QED) is 0.736. The molecule has 1 fully saturated rings. The van der Waals surface area contributed by atoms with Gasteiger partial charge in [0, 0.05) is 23.8 Å². The molecule has 1 heterocycles. The highest BCUT2D eigenvalue weighted by atomic mass is 79.9. The van der Waals surface area contributed by atoms with E-state index in [0.717, 1.165) is 31.4 Å². The van der Waals surface area contributed by atoms with Gasteiger partial charge in [0.05, 0.1) is 10.0 Å². The number of amides is 1. The van der Waals surface area contributed by atoms with Gasteiger partial charge < -0.3 is 4.90 Å². The van der Waals surface area contributed by atoms with Crippen molar-refractivity contribution in [3.05, 3.63) is 28.0 Å². The lowest BCUT2D eigenvalue weighted by atomic mass is 10.1. The molecule has 1 aromatic carbocycles. The summed E-state index contributed by atoms with van der Waals surface area (Å²) in [4.78, 5) is 13.5. The first-order valence-corrected chi connectivity index (χ1v) is 9.14. The van der Waals surface area contributed by atoms with Crippen molar-refractivity contribution in [1.82, 2.24) is 4.90 Å². The maximum atomic E-state index is 13.6. The molecule has 0 radical (unpaired) electrons. The third kappa shape index (κ3) is 3.32. The number of hydrogen-bond acceptors (Lipinski definition) is 3. The zero-order valence-corrected chi connectivity index (χ0v) is 13.6. The van der Waals surface area contributed by atoms with E-state index >= 15 is 0 Å². The lowest BCUT2D eigenvalue weighted by molar-refractivity contribution is 0.0722. The fourth-order valence-corrected chi connectivity index (χ4v) is 4.42. The van der Waals surface area contributed by atoms with Crippen LogP contribution in [0.15, 0.2) is 21.5 Å². The number of nitrogens with zero attached hydrogens (tertiary/aromatic N) is 1. The highest BCUT2D eigenvalue weighted by Crippen LogP contribution is 2.31. The first kappa shape index (κ1) is 15.7. The zero-order valence-electron chi connectivity index (χ0n) is 10.4. The first-order valence-electron chi connectivity index (χ1n) is 6.03. The molecule has 1 aliphatic rings. The van der Waals surface area contributed by atoms with Gasteiger partial charge >= 0.3 is 0 Å². The van der Waals surface area contributed by atoms with Crippen LogP contribution in [0.2, 0.25) is 0 Å². The van der Waals surface area contributed by atoms with Crippen LogP contribution in [0.1, 0.15) is 29.6 Å². The molecule has 4 nitrogen and oxygen atoms in total. The van der Waals surface area contributed by atoms with Gasteiger partial charge in [0.2, 0.25) is 0 Å². The van der Waals surface area contributed by atoms with E-state index in [1.54, 1.807) is 4.90 Å². The van der Waals surface area contributed by atoms with Crippen molar-refractivity contribution in [3.8, 4) is 0 Å². The lowest BCUT2D eigenvalue weighted by Crippen LogP contribution is -2.36. The van der Waals surface area contributed by atoms with Crippen molar-refractivity contribution in [1.29, 1.82) is 0 Å². The largest absolute Gasteiger partial charge is 0.339 e. The number of halogens is 3. The highest BCUT2D eigenvalue weighted by Gasteiger charge is 2.26. The molecule has 1 aliphatic heterocycles. The third-order valence-electron chi connectivity index (χ3n) is 3.14. The van der Waals surface area contributed by atoms with Crippen LogP contribution in [0, 0.1) is 5.82 Å². The molecule has 1 aromatic rings. The van der Waals surface area contributed by atoms with Crippen LogP contribution in [0.5, 0.6) is 0 Å². The molecule has 1 saturated heterocycles. The fourth-order valence-electron chi connectivity index (χ4n) is 2.16. The Kier molecular flexibility index (Phi) is 4.71. The van der Waals surface area contributed by atoms with E-state index in [1.165, 1.54) is 0 Å². The van der Waals surface area contributed by atoms with Crippen molar-refractivity contribution in [2.24, 2.45) is 0 Å². The summed E-state index contributed by atoms with van der Waals surface area (Å²) in [6.45, 7) is 1.18. The van der Waals surface area contributed by atoms with E-state index < -0.39 is 25.7 Å². The van der Waals surface area contributed by atoms with Crippen molar-refractivity contribution in [3.63, 3.8) is 0 Å². The van der Waals surface area contributed by atoms with Crippen molar-refractivity contribution < 1.29 is 17.6 Å². The first-order chi connectivity index (χ1) is 9.30. The average molecular weight is 385 g/mol. The Morgan fingerprint density at radius 2 is 1.85 bits per heavy atom. The van der Waals surface area contributed by atoms with E-state index in [-0.39, 0.29) is 10.0 Å². The minimum Gasteiger partial charge on any atom is -0.339 e. The summed E-state index contributed by atoms with van der Waals surface area (Å²) in [7, 11) is 1.12. The third-order valence-corrected chi connectivity index (χ3v) is 5.60. The van der Waals surface area contributed by atoms with Crippen molar-refractivity contribution in [2.45, 2.75) is 24.2 Å². The Balaban J connectivity index is 2.46. The summed E-state index contributed by atoms with van der Waals surface area (Å²) in [5.41, 5.74) is -0.0221. The van der Waals surface area contributed by atoms with Crippen LogP contribution in [-0.4, -0.2) is 32.3 Å². The molecule has 1 amide bonds. The number of carbonyl (C=O) groups is 1. The van der Waals surface area contributed by atoms with Crippen LogP contribution in [0.25, 0.3) is 0 Å². The standard InChI is InChI=1S/C12H12BrClFNO3S/c13-11-9(12(17)16-4-2-1-3-5-16)6-8(15)7-10(11)20(14,18)19/h6-7H,1-5H2. The molecule has 0 aromatic heterocycles. The van der Waals surface area contributed by atoms with Crippen LogP contribution < -0.4 is 0 Å². The van der Waals surface area contributed by atoms with Crippen LogP contribution in [0.4, 0.5) is 4.39 Å². The van der Waals surface area contributed by atoms with Gasteiger partial charge in [-0.3, -0.25) is 4.79 Å². The van der Waals surface area contributed by atoms with Gasteiger partial charge in [0.25, 0.3) is 15.0 Å². The summed E-state index contributed by atoms with van der Waals surface area (Å²) >= 11 is 3.04. The molecule has 8 heteroatoms. The summed E-state index contributed by atoms with van der Waals surface area (Å²) in [6.07, 6.45) is 2.83. The normalized spacial score (nSPS) is 16.2. The maximum absolute atomic E-state index is 13.6. The molecular weight excluding hydrogens is 373 g/mol. The molecule has 0 spiro atoms. The topological polar surface area (TPSA) is 54.5 Å². The van der Waals surface area contributed by atoms with Gasteiger partial charge in [-0.25, -0.2) is 12.8 Å². The molecule has 0 atom stereocenters. The zero-order chi connectivity index (χ0) is 14.9. The molecule has 0 saturated carbocycles. The molecular formula is C12H12BrClFNO3S. The second kappa shape index (κ2) is 5.99. The molecule has 0 N–H and O–H groups in total. The Morgan fingerprint density at radius 1 is 1.25 bits per heavy atom. The van der Waals surface area contributed by atoms with Gasteiger partial charge in [-0.15, -0.1) is 0 Å². The SMILES string of the molecule is O=C(c1cc(F)cc(S(=O)(=O)Cl)c1Br)N1CCCCC1. The number of benzene rings is 1. The number of piperidine rings is 1. The summed E-state index contributed by atoms with van der Waals surface area (Å²) in [5, 5.41) is 0. The van der Waals surface area contributed by atoms with Crippen molar-refractivity contribution in [2.75, 3.05) is 13.1 Å². The van der Waals surface area contributed by atoms with E-state index in [1.807, 2.05) is 0 Å². The number of likely N-dealkylation sites (tertiary alicyclic amines) is 1. The molecule has 0 aliphatic carbocycles. The summed E-state index contributed by atoms with van der Waals surface area (Å²) < 4.78 is 36.4. The summed E-state index contributed by atoms with van der Waals surface area (Å²) in [5.74, 6) is -1.20. The lowest BCUT2D eigenvalue weighted by Gasteiger charge is -2.27. The molecule has 0 bridgehead atoms. The van der Waals surface area contributed by atoms with Gasteiger partial charge in [-0.2, -0.15) is 0 Å². The van der Waals surface area contributed by atoms with E-state index in [2.05, 4.69) is 15.9 Å². The van der Waals surface area contributed by atoms with Crippen LogP contribution in [-0.2, 0) is 9.05 Å². The van der Waals surface area contributed by atoms with Gasteiger partial charge in [0.1, 0.15) is 10.7 Å². The average Bonchev–Trinajstić information content (AvgIpc) is 2.40. The number of carbonyl (C=O) groups excluding carboxylic acids is 1. The predicted molar refractivity (Wildman–Crippen MR) is 76.9 cm³/mol. The van der Waals surface area contributed by atoms with Gasteiger partial charge in [-0.1, -0.05) is 0 Å². The van der Waals surface area contributed by atoms with E-state index in [0.29, 0.717) is 13.1 Å². The Hall–Kier alpha value is -0.660. The fraction of sp³-hybridized carbons (Fsp3) is 0.417. The minimum atomic E-state index is -4.13. The number of rotatable bonds is 2. The van der Waals surface area contributed by atoms with Crippen LogP contribution >= 0.6 is 26.6 Å². The minimum absolute atomic E-state index is 0.00414. The Morgan fingerprint density at radius 3 is 2.40 bits per heavy atom. The molecule has 110 valence electrons. The van der Waals surface area contributed by atoms with E-state index in [9.17, 15) is 17.6 Å². The van der Waals surface area contributed by atoms with Crippen molar-refractivity contribution >= 4 is 41.6 Å². The smallest absolute Gasteiger partial charge is 0.262 e. The maximum Gasteiger partial charge on any atom is 0.262 e. The summed E-state index contributed by atoms with van der Waals surface area (Å²) in [6, 6.07) is 1.81. The second-order valence-corrected chi connectivity index (χ2v) is 7.88.